The average Bonchev–Trinajstić information content (AvgIpc) is 2.79. The minimum absolute atomic E-state index is 0. The Labute approximate surface area is 206 Å². The molecular formula is C23H28Cl2N4O4. The molecule has 1 aromatic heterocycles. The van der Waals surface area contributed by atoms with E-state index >= 15 is 0 Å². The molecule has 0 unspecified atom stereocenters. The number of anilines is 2. The van der Waals surface area contributed by atoms with E-state index in [4.69, 9.17) is 31.1 Å². The van der Waals surface area contributed by atoms with E-state index in [1.54, 1.807) is 7.11 Å². The number of nitrogens with zero attached hydrogens (tertiary/aromatic N) is 2. The lowest BCUT2D eigenvalue weighted by Crippen LogP contribution is -2.13. The molecule has 0 saturated heterocycles. The predicted octanol–water partition coefficient (Wildman–Crippen LogP) is 3.58. The number of nitrogens with two attached hydrogens (primary N) is 1. The van der Waals surface area contributed by atoms with Gasteiger partial charge in [0.25, 0.3) is 0 Å². The van der Waals surface area contributed by atoms with Gasteiger partial charge in [-0.2, -0.15) is 0 Å². The summed E-state index contributed by atoms with van der Waals surface area (Å²) in [7, 11) is 1.62. The van der Waals surface area contributed by atoms with Crippen LogP contribution in [0.1, 0.15) is 5.56 Å². The minimum atomic E-state index is 0. The fourth-order valence-corrected chi connectivity index (χ4v) is 2.84. The number of halogens is 2. The topological polar surface area (TPSA) is 101 Å². The standard InChI is InChI=1S/C23H26N4O4.2ClH/c1-3-17-5-4-6-18(13-17)27-23-19-14-21(30-11-9-28-2)22(15-20(19)25-16-26-23)31-12-10-29-8-7-24;;/h1,4-6,13-16H,7-12,24H2,2H3,(H,25,26,27);2*1H. The van der Waals surface area contributed by atoms with Crippen LogP contribution in [0.25, 0.3) is 10.9 Å². The van der Waals surface area contributed by atoms with E-state index in [-0.39, 0.29) is 24.8 Å². The van der Waals surface area contributed by atoms with Crippen molar-refractivity contribution in [3.63, 3.8) is 0 Å². The molecule has 1 heterocycles. The van der Waals surface area contributed by atoms with E-state index in [9.17, 15) is 0 Å². The molecule has 10 heteroatoms. The zero-order chi connectivity index (χ0) is 21.9. The Hall–Kier alpha value is -2.80. The van der Waals surface area contributed by atoms with Crippen molar-refractivity contribution in [2.75, 3.05) is 52.0 Å². The van der Waals surface area contributed by atoms with E-state index in [1.807, 2.05) is 36.4 Å². The van der Waals surface area contributed by atoms with Crippen LogP contribution in [-0.2, 0) is 9.47 Å². The van der Waals surface area contributed by atoms with Crippen LogP contribution in [0.4, 0.5) is 11.5 Å². The van der Waals surface area contributed by atoms with Crippen LogP contribution >= 0.6 is 24.8 Å². The molecular weight excluding hydrogens is 467 g/mol. The Balaban J connectivity index is 0.00000272. The van der Waals surface area contributed by atoms with Crippen molar-refractivity contribution in [3.05, 3.63) is 48.3 Å². The van der Waals surface area contributed by atoms with Crippen LogP contribution in [0.15, 0.2) is 42.7 Å². The summed E-state index contributed by atoms with van der Waals surface area (Å²) < 4.78 is 22.2. The maximum atomic E-state index is 5.88. The Morgan fingerprint density at radius 1 is 0.970 bits per heavy atom. The fourth-order valence-electron chi connectivity index (χ4n) is 2.84. The molecule has 178 valence electrons. The molecule has 3 N–H and O–H groups in total. The Morgan fingerprint density at radius 2 is 1.73 bits per heavy atom. The minimum Gasteiger partial charge on any atom is -0.487 e. The first-order chi connectivity index (χ1) is 15.2. The molecule has 2 aromatic carbocycles. The summed E-state index contributed by atoms with van der Waals surface area (Å²) in [5, 5.41) is 4.09. The van der Waals surface area contributed by atoms with Gasteiger partial charge in [-0.25, -0.2) is 9.97 Å². The SMILES string of the molecule is C#Cc1cccc(Nc2ncnc3cc(OCCOCCN)c(OCCOC)cc23)c1.Cl.Cl. The maximum absolute atomic E-state index is 5.88. The van der Waals surface area contributed by atoms with Crippen molar-refractivity contribution >= 4 is 47.2 Å². The van der Waals surface area contributed by atoms with Crippen molar-refractivity contribution in [2.24, 2.45) is 5.73 Å². The molecule has 0 aliphatic rings. The monoisotopic (exact) mass is 494 g/mol. The number of aromatic nitrogens is 2. The summed E-state index contributed by atoms with van der Waals surface area (Å²) in [4.78, 5) is 8.78. The zero-order valence-corrected chi connectivity index (χ0v) is 19.9. The normalized spacial score (nSPS) is 9.97. The molecule has 0 saturated carbocycles. The highest BCUT2D eigenvalue weighted by Gasteiger charge is 2.13. The second-order valence-electron chi connectivity index (χ2n) is 6.48. The van der Waals surface area contributed by atoms with Crippen LogP contribution in [0.5, 0.6) is 11.5 Å². The van der Waals surface area contributed by atoms with E-state index < -0.39 is 0 Å². The first-order valence-corrected chi connectivity index (χ1v) is 9.90. The van der Waals surface area contributed by atoms with Gasteiger partial charge in [0.15, 0.2) is 11.5 Å². The Morgan fingerprint density at radius 3 is 2.45 bits per heavy atom. The number of benzene rings is 2. The molecule has 3 aromatic rings. The van der Waals surface area contributed by atoms with Crippen molar-refractivity contribution in [3.8, 4) is 23.8 Å². The smallest absolute Gasteiger partial charge is 0.163 e. The molecule has 0 fully saturated rings. The quantitative estimate of drug-likeness (QED) is 0.291. The maximum Gasteiger partial charge on any atom is 0.163 e. The number of terminal acetylenes is 1. The highest BCUT2D eigenvalue weighted by Crippen LogP contribution is 2.35. The Bertz CT molecular complexity index is 1050. The lowest BCUT2D eigenvalue weighted by molar-refractivity contribution is 0.102. The molecule has 0 bridgehead atoms. The average molecular weight is 495 g/mol. The highest BCUT2D eigenvalue weighted by molar-refractivity contribution is 5.93. The third-order valence-electron chi connectivity index (χ3n) is 4.29. The molecule has 3 rings (SSSR count). The molecule has 0 aliphatic heterocycles. The molecule has 8 nitrogen and oxygen atoms in total. The number of rotatable bonds is 12. The van der Waals surface area contributed by atoms with Crippen LogP contribution in [-0.4, -0.2) is 56.7 Å². The number of hydrogen-bond donors (Lipinski definition) is 2. The van der Waals surface area contributed by atoms with Gasteiger partial charge in [0, 0.05) is 36.4 Å². The number of nitrogens with one attached hydrogen (secondary N) is 1. The summed E-state index contributed by atoms with van der Waals surface area (Å²) in [5.74, 6) is 4.40. The lowest BCUT2D eigenvalue weighted by atomic mass is 10.2. The first kappa shape index (κ1) is 28.2. The Kier molecular flexibility index (Phi) is 12.9. The van der Waals surface area contributed by atoms with Gasteiger partial charge < -0.3 is 30.0 Å². The van der Waals surface area contributed by atoms with Gasteiger partial charge in [0.2, 0.25) is 0 Å². The van der Waals surface area contributed by atoms with E-state index in [0.29, 0.717) is 62.4 Å². The summed E-state index contributed by atoms with van der Waals surface area (Å²) in [6.07, 6.45) is 7.00. The van der Waals surface area contributed by atoms with Crippen molar-refractivity contribution in [1.82, 2.24) is 9.97 Å². The van der Waals surface area contributed by atoms with Gasteiger partial charge in [-0.3, -0.25) is 0 Å². The van der Waals surface area contributed by atoms with Gasteiger partial charge in [-0.05, 0) is 24.3 Å². The second-order valence-corrected chi connectivity index (χ2v) is 6.48. The van der Waals surface area contributed by atoms with Crippen LogP contribution in [0.3, 0.4) is 0 Å². The van der Waals surface area contributed by atoms with E-state index in [1.165, 1.54) is 6.33 Å². The second kappa shape index (κ2) is 15.1. The molecule has 0 spiro atoms. The number of fused-ring (bicyclic) bond motifs is 1. The number of hydrogen-bond acceptors (Lipinski definition) is 8. The van der Waals surface area contributed by atoms with Crippen molar-refractivity contribution < 1.29 is 18.9 Å². The van der Waals surface area contributed by atoms with Gasteiger partial charge in [-0.15, -0.1) is 31.2 Å². The predicted molar refractivity (Wildman–Crippen MR) is 134 cm³/mol. The molecule has 0 radical (unpaired) electrons. The van der Waals surface area contributed by atoms with E-state index in [0.717, 1.165) is 16.6 Å². The fraction of sp³-hybridized carbons (Fsp3) is 0.304. The van der Waals surface area contributed by atoms with Gasteiger partial charge in [-0.1, -0.05) is 12.0 Å². The highest BCUT2D eigenvalue weighted by atomic mass is 35.5. The van der Waals surface area contributed by atoms with Crippen LogP contribution in [0, 0.1) is 12.3 Å². The van der Waals surface area contributed by atoms with Crippen molar-refractivity contribution in [1.29, 1.82) is 0 Å². The first-order valence-electron chi connectivity index (χ1n) is 9.90. The van der Waals surface area contributed by atoms with Crippen LogP contribution < -0.4 is 20.5 Å². The number of ether oxygens (including phenoxy) is 4. The zero-order valence-electron chi connectivity index (χ0n) is 18.3. The third kappa shape index (κ3) is 8.24. The summed E-state index contributed by atoms with van der Waals surface area (Å²) in [6, 6.07) is 11.2. The largest absolute Gasteiger partial charge is 0.487 e. The van der Waals surface area contributed by atoms with Gasteiger partial charge in [0.1, 0.15) is 25.4 Å². The van der Waals surface area contributed by atoms with E-state index in [2.05, 4.69) is 21.2 Å². The molecule has 0 amide bonds. The van der Waals surface area contributed by atoms with Gasteiger partial charge >= 0.3 is 0 Å². The molecule has 0 aliphatic carbocycles. The number of methoxy groups -OCH3 is 1. The molecule has 0 atom stereocenters. The third-order valence-corrected chi connectivity index (χ3v) is 4.29. The summed E-state index contributed by atoms with van der Waals surface area (Å²) in [5.41, 5.74) is 7.75. The lowest BCUT2D eigenvalue weighted by Gasteiger charge is -2.15. The van der Waals surface area contributed by atoms with Gasteiger partial charge in [0.05, 0.1) is 25.3 Å². The van der Waals surface area contributed by atoms with Crippen LogP contribution in [0.2, 0.25) is 0 Å². The summed E-state index contributed by atoms with van der Waals surface area (Å²) in [6.45, 7) is 2.57. The van der Waals surface area contributed by atoms with Crippen molar-refractivity contribution in [2.45, 2.75) is 0 Å². The molecule has 33 heavy (non-hydrogen) atoms. The summed E-state index contributed by atoms with van der Waals surface area (Å²) >= 11 is 0.